The minimum atomic E-state index is -3.09. The van der Waals surface area contributed by atoms with E-state index in [-0.39, 0.29) is 0 Å². The first-order chi connectivity index (χ1) is 18.2. The SMILES string of the molecule is O=P(c1ccccc1)(c1ccccc1)c1cccc(-c2nc3c4ccccc4sc3c3ccccc23)c1. The first kappa shape index (κ1) is 22.2. The molecule has 4 heteroatoms. The van der Waals surface area contributed by atoms with Gasteiger partial charge in [0.25, 0.3) is 0 Å². The maximum Gasteiger partial charge on any atom is 0.171 e. The summed E-state index contributed by atoms with van der Waals surface area (Å²) >= 11 is 1.79. The highest BCUT2D eigenvalue weighted by molar-refractivity contribution is 7.85. The van der Waals surface area contributed by atoms with Gasteiger partial charge in [0.1, 0.15) is 0 Å². The van der Waals surface area contributed by atoms with E-state index in [0.717, 1.165) is 38.1 Å². The first-order valence-electron chi connectivity index (χ1n) is 12.3. The minimum Gasteiger partial charge on any atom is -0.309 e. The predicted molar refractivity (Wildman–Crippen MR) is 159 cm³/mol. The summed E-state index contributed by atoms with van der Waals surface area (Å²) in [6.07, 6.45) is 0. The van der Waals surface area contributed by atoms with E-state index in [0.29, 0.717) is 0 Å². The third-order valence-corrected chi connectivity index (χ3v) is 11.2. The molecule has 0 saturated carbocycles. The third kappa shape index (κ3) is 3.54. The topological polar surface area (TPSA) is 30.0 Å². The highest BCUT2D eigenvalue weighted by Crippen LogP contribution is 2.44. The largest absolute Gasteiger partial charge is 0.309 e. The van der Waals surface area contributed by atoms with Crippen molar-refractivity contribution in [3.63, 3.8) is 0 Å². The molecule has 0 aliphatic carbocycles. The fourth-order valence-corrected chi connectivity index (χ4v) is 9.05. The zero-order valence-corrected chi connectivity index (χ0v) is 21.6. The van der Waals surface area contributed by atoms with Crippen LogP contribution in [0.2, 0.25) is 0 Å². The second-order valence-corrected chi connectivity index (χ2v) is 12.9. The maximum atomic E-state index is 15.0. The lowest BCUT2D eigenvalue weighted by Gasteiger charge is -2.20. The fraction of sp³-hybridized carbons (Fsp3) is 0. The average Bonchev–Trinajstić information content (AvgIpc) is 3.36. The van der Waals surface area contributed by atoms with Crippen molar-refractivity contribution in [3.05, 3.63) is 133 Å². The van der Waals surface area contributed by atoms with Crippen molar-refractivity contribution in [3.8, 4) is 11.3 Å². The van der Waals surface area contributed by atoms with Gasteiger partial charge in [0.2, 0.25) is 0 Å². The van der Waals surface area contributed by atoms with Gasteiger partial charge >= 0.3 is 0 Å². The van der Waals surface area contributed by atoms with Gasteiger partial charge in [0.15, 0.2) is 7.14 Å². The Hall–Kier alpha value is -4.04. The number of pyridine rings is 1. The molecule has 0 atom stereocenters. The number of rotatable bonds is 4. The van der Waals surface area contributed by atoms with E-state index < -0.39 is 7.14 Å². The Morgan fingerprint density at radius 1 is 0.541 bits per heavy atom. The lowest BCUT2D eigenvalue weighted by Crippen LogP contribution is -2.25. The van der Waals surface area contributed by atoms with Crippen LogP contribution in [-0.2, 0) is 4.57 Å². The standard InChI is InChI=1S/C33H22NOPS/c35-36(24-13-3-1-4-14-24,25-15-5-2-6-16-25)26-17-11-12-23(22-26)31-27-18-7-8-19-28(27)33-32(34-31)29-20-9-10-21-30(29)37-33/h1-22H. The van der Waals surface area contributed by atoms with Crippen LogP contribution in [0.3, 0.4) is 0 Å². The quantitative estimate of drug-likeness (QED) is 0.225. The molecule has 176 valence electrons. The van der Waals surface area contributed by atoms with Crippen LogP contribution in [0.25, 0.3) is 42.3 Å². The molecule has 0 aliphatic heterocycles. The Labute approximate surface area is 219 Å². The summed E-state index contributed by atoms with van der Waals surface area (Å²) in [4.78, 5) is 5.25. The van der Waals surface area contributed by atoms with Crippen LogP contribution in [-0.4, -0.2) is 4.98 Å². The van der Waals surface area contributed by atoms with Gasteiger partial charge in [-0.25, -0.2) is 4.98 Å². The van der Waals surface area contributed by atoms with Crippen molar-refractivity contribution in [1.29, 1.82) is 0 Å². The van der Waals surface area contributed by atoms with E-state index in [9.17, 15) is 4.57 Å². The van der Waals surface area contributed by atoms with E-state index in [1.165, 1.54) is 20.2 Å². The molecule has 0 unspecified atom stereocenters. The van der Waals surface area contributed by atoms with Gasteiger partial charge in [-0.15, -0.1) is 11.3 Å². The van der Waals surface area contributed by atoms with Crippen molar-refractivity contribution in [2.45, 2.75) is 0 Å². The van der Waals surface area contributed by atoms with Gasteiger partial charge in [-0.05, 0) is 12.1 Å². The van der Waals surface area contributed by atoms with Gasteiger partial charge in [-0.2, -0.15) is 0 Å². The van der Waals surface area contributed by atoms with Crippen molar-refractivity contribution < 1.29 is 4.57 Å². The van der Waals surface area contributed by atoms with E-state index >= 15 is 0 Å². The molecule has 2 heterocycles. The minimum absolute atomic E-state index is 0.809. The van der Waals surface area contributed by atoms with Crippen LogP contribution in [0.1, 0.15) is 0 Å². The lowest BCUT2D eigenvalue weighted by molar-refractivity contribution is 0.592. The van der Waals surface area contributed by atoms with E-state index in [2.05, 4.69) is 60.7 Å². The number of hydrogen-bond acceptors (Lipinski definition) is 3. The van der Waals surface area contributed by atoms with Crippen molar-refractivity contribution in [2.24, 2.45) is 0 Å². The Morgan fingerprint density at radius 2 is 1.11 bits per heavy atom. The van der Waals surface area contributed by atoms with Crippen LogP contribution in [0.4, 0.5) is 0 Å². The second-order valence-electron chi connectivity index (χ2n) is 9.11. The molecule has 37 heavy (non-hydrogen) atoms. The highest BCUT2D eigenvalue weighted by atomic mass is 32.1. The van der Waals surface area contributed by atoms with Gasteiger partial charge in [0, 0.05) is 42.3 Å². The molecular weight excluding hydrogens is 489 g/mol. The first-order valence-corrected chi connectivity index (χ1v) is 14.8. The molecule has 5 aromatic carbocycles. The monoisotopic (exact) mass is 511 g/mol. The molecule has 0 aliphatic rings. The van der Waals surface area contributed by atoms with Crippen molar-refractivity contribution >= 4 is 65.5 Å². The van der Waals surface area contributed by atoms with E-state index in [4.69, 9.17) is 4.98 Å². The summed E-state index contributed by atoms with van der Waals surface area (Å²) in [6, 6.07) is 44.7. The second kappa shape index (κ2) is 8.81. The molecule has 0 saturated heterocycles. The average molecular weight is 512 g/mol. The van der Waals surface area contributed by atoms with Crippen LogP contribution >= 0.6 is 18.5 Å². The highest BCUT2D eigenvalue weighted by Gasteiger charge is 2.30. The van der Waals surface area contributed by atoms with Crippen LogP contribution in [0, 0.1) is 0 Å². The summed E-state index contributed by atoms with van der Waals surface area (Å²) < 4.78 is 17.4. The Balaban J connectivity index is 1.51. The molecule has 0 spiro atoms. The van der Waals surface area contributed by atoms with Gasteiger partial charge in [-0.1, -0.05) is 121 Å². The number of hydrogen-bond donors (Lipinski definition) is 0. The molecule has 0 radical (unpaired) electrons. The molecule has 7 rings (SSSR count). The Morgan fingerprint density at radius 3 is 1.81 bits per heavy atom. The van der Waals surface area contributed by atoms with Gasteiger partial charge < -0.3 is 4.57 Å². The lowest BCUT2D eigenvalue weighted by atomic mass is 10.0. The summed E-state index contributed by atoms with van der Waals surface area (Å²) in [5.74, 6) is 0. The molecular formula is C33H22NOPS. The smallest absolute Gasteiger partial charge is 0.171 e. The predicted octanol–water partition coefficient (Wildman–Crippen LogP) is 7.91. The number of aromatic nitrogens is 1. The van der Waals surface area contributed by atoms with E-state index in [1.807, 2.05) is 72.8 Å². The zero-order chi connectivity index (χ0) is 24.8. The number of fused-ring (bicyclic) bond motifs is 5. The summed E-state index contributed by atoms with van der Waals surface area (Å²) in [7, 11) is -3.09. The Bertz CT molecular complexity index is 1920. The van der Waals surface area contributed by atoms with Gasteiger partial charge in [-0.3, -0.25) is 0 Å². The van der Waals surface area contributed by atoms with Crippen molar-refractivity contribution in [1.82, 2.24) is 4.98 Å². The normalized spacial score (nSPS) is 11.9. The van der Waals surface area contributed by atoms with Gasteiger partial charge in [0.05, 0.1) is 15.9 Å². The van der Waals surface area contributed by atoms with Crippen molar-refractivity contribution in [2.75, 3.05) is 0 Å². The van der Waals surface area contributed by atoms with Crippen LogP contribution in [0.15, 0.2) is 133 Å². The molecule has 7 aromatic rings. The van der Waals surface area contributed by atoms with Crippen LogP contribution < -0.4 is 15.9 Å². The molecule has 2 aromatic heterocycles. The zero-order valence-electron chi connectivity index (χ0n) is 19.9. The number of thiophene rings is 1. The third-order valence-electron chi connectivity index (χ3n) is 6.94. The maximum absolute atomic E-state index is 15.0. The summed E-state index contributed by atoms with van der Waals surface area (Å²) in [5, 5.41) is 5.94. The fourth-order valence-electron chi connectivity index (χ4n) is 5.18. The molecule has 0 amide bonds. The van der Waals surface area contributed by atoms with E-state index in [1.54, 1.807) is 11.3 Å². The molecule has 2 nitrogen and oxygen atoms in total. The summed E-state index contributed by atoms with van der Waals surface area (Å²) in [5.41, 5.74) is 2.91. The Kier molecular flexibility index (Phi) is 5.28. The number of nitrogens with zero attached hydrogens (tertiary/aromatic N) is 1. The molecule has 0 N–H and O–H groups in total. The molecule has 0 bridgehead atoms. The number of benzene rings is 5. The summed E-state index contributed by atoms with van der Waals surface area (Å²) in [6.45, 7) is 0. The molecule has 0 fully saturated rings. The van der Waals surface area contributed by atoms with Crippen LogP contribution in [0.5, 0.6) is 0 Å².